The molecule has 0 aliphatic rings. The molecule has 6 heteroatoms. The average Bonchev–Trinajstić information content (AvgIpc) is 3.22. The van der Waals surface area contributed by atoms with Crippen molar-refractivity contribution in [2.75, 3.05) is 13.2 Å². The summed E-state index contributed by atoms with van der Waals surface area (Å²) in [6.07, 6.45) is 43.6. The number of carbonyl (C=O) groups is 3. The van der Waals surface area contributed by atoms with Gasteiger partial charge < -0.3 is 14.2 Å². The maximum atomic E-state index is 12.8. The lowest BCUT2D eigenvalue weighted by Crippen LogP contribution is -2.30. The molecule has 59 heavy (non-hydrogen) atoms. The highest BCUT2D eigenvalue weighted by molar-refractivity contribution is 5.71. The van der Waals surface area contributed by atoms with E-state index in [1.54, 1.807) is 0 Å². The van der Waals surface area contributed by atoms with Gasteiger partial charge in [-0.25, -0.2) is 0 Å². The van der Waals surface area contributed by atoms with E-state index in [0.717, 1.165) is 75.5 Å². The quantitative estimate of drug-likeness (QED) is 0.0345. The SMILES string of the molecule is CCC(C)CCCCCCCCCCCCC(=O)O[C@H](COC(=O)CCCCCCCCCCCCCCC(C)C)COC(=O)CCCCCCCCCCC(C)CC. The summed E-state index contributed by atoms with van der Waals surface area (Å²) in [7, 11) is 0. The van der Waals surface area contributed by atoms with Crippen LogP contribution in [-0.2, 0) is 28.6 Å². The molecule has 3 atom stereocenters. The van der Waals surface area contributed by atoms with Crippen molar-refractivity contribution in [1.82, 2.24) is 0 Å². The molecule has 0 N–H and O–H groups in total. The topological polar surface area (TPSA) is 78.9 Å². The summed E-state index contributed by atoms with van der Waals surface area (Å²) in [5, 5.41) is 0. The molecule has 0 aromatic rings. The summed E-state index contributed by atoms with van der Waals surface area (Å²) in [5.74, 6) is 1.70. The lowest BCUT2D eigenvalue weighted by Gasteiger charge is -2.18. The van der Waals surface area contributed by atoms with Crippen LogP contribution in [0.3, 0.4) is 0 Å². The Bertz CT molecular complexity index is 918. The summed E-state index contributed by atoms with van der Waals surface area (Å²) in [5.41, 5.74) is 0. The van der Waals surface area contributed by atoms with Crippen LogP contribution in [0.15, 0.2) is 0 Å². The summed E-state index contributed by atoms with van der Waals surface area (Å²) in [4.78, 5) is 38.0. The monoisotopic (exact) mass is 835 g/mol. The molecule has 0 rings (SSSR count). The molecule has 0 fully saturated rings. The minimum absolute atomic E-state index is 0.0649. The van der Waals surface area contributed by atoms with Gasteiger partial charge in [0.25, 0.3) is 0 Å². The smallest absolute Gasteiger partial charge is 0.306 e. The van der Waals surface area contributed by atoms with Crippen LogP contribution in [-0.4, -0.2) is 37.2 Å². The van der Waals surface area contributed by atoms with Crippen LogP contribution in [0.25, 0.3) is 0 Å². The Hall–Kier alpha value is -1.59. The molecule has 0 aromatic heterocycles. The largest absolute Gasteiger partial charge is 0.462 e. The summed E-state index contributed by atoms with van der Waals surface area (Å²) in [6.45, 7) is 13.8. The zero-order valence-corrected chi connectivity index (χ0v) is 40.5. The van der Waals surface area contributed by atoms with Gasteiger partial charge in [0.05, 0.1) is 0 Å². The second kappa shape index (κ2) is 44.5. The van der Waals surface area contributed by atoms with Gasteiger partial charge in [0.15, 0.2) is 6.10 Å². The molecule has 0 amide bonds. The van der Waals surface area contributed by atoms with E-state index >= 15 is 0 Å². The van der Waals surface area contributed by atoms with E-state index in [4.69, 9.17) is 14.2 Å². The van der Waals surface area contributed by atoms with Crippen LogP contribution >= 0.6 is 0 Å². The molecule has 350 valence electrons. The van der Waals surface area contributed by atoms with E-state index in [-0.39, 0.29) is 31.1 Å². The second-order valence-electron chi connectivity index (χ2n) is 19.1. The lowest BCUT2D eigenvalue weighted by molar-refractivity contribution is -0.167. The van der Waals surface area contributed by atoms with Crippen molar-refractivity contribution in [2.45, 2.75) is 292 Å². The van der Waals surface area contributed by atoms with E-state index in [0.29, 0.717) is 19.3 Å². The number of esters is 3. The molecule has 0 bridgehead atoms. The number of rotatable bonds is 46. The van der Waals surface area contributed by atoms with Crippen molar-refractivity contribution in [3.05, 3.63) is 0 Å². The highest BCUT2D eigenvalue weighted by Crippen LogP contribution is 2.18. The fourth-order valence-electron chi connectivity index (χ4n) is 7.87. The number of hydrogen-bond acceptors (Lipinski definition) is 6. The zero-order chi connectivity index (χ0) is 43.4. The van der Waals surface area contributed by atoms with Crippen molar-refractivity contribution in [1.29, 1.82) is 0 Å². The number of carbonyl (C=O) groups excluding carboxylic acids is 3. The third-order valence-corrected chi connectivity index (χ3v) is 12.6. The molecule has 6 nitrogen and oxygen atoms in total. The second-order valence-corrected chi connectivity index (χ2v) is 19.1. The van der Waals surface area contributed by atoms with E-state index in [9.17, 15) is 14.4 Å². The molecular formula is C53H102O6. The van der Waals surface area contributed by atoms with Gasteiger partial charge in [-0.1, -0.05) is 247 Å². The maximum Gasteiger partial charge on any atom is 0.306 e. The fourth-order valence-corrected chi connectivity index (χ4v) is 7.87. The third kappa shape index (κ3) is 44.3. The van der Waals surface area contributed by atoms with Crippen molar-refractivity contribution >= 4 is 17.9 Å². The first-order chi connectivity index (χ1) is 28.7. The van der Waals surface area contributed by atoms with Crippen LogP contribution in [0.4, 0.5) is 0 Å². The van der Waals surface area contributed by atoms with Crippen molar-refractivity contribution < 1.29 is 28.6 Å². The van der Waals surface area contributed by atoms with Gasteiger partial charge in [-0.3, -0.25) is 14.4 Å². The Kier molecular flexibility index (Phi) is 43.3. The predicted molar refractivity (Wildman–Crippen MR) is 252 cm³/mol. The molecule has 0 aliphatic carbocycles. The molecule has 2 unspecified atom stereocenters. The Balaban J connectivity index is 4.34. The summed E-state index contributed by atoms with van der Waals surface area (Å²) in [6, 6.07) is 0. The minimum Gasteiger partial charge on any atom is -0.462 e. The first-order valence-electron chi connectivity index (χ1n) is 26.2. The van der Waals surface area contributed by atoms with E-state index in [1.165, 1.54) is 167 Å². The standard InChI is InChI=1S/C53H102O6/c1-7-48(5)40-34-28-22-16-13-14-18-26-32-38-44-53(56)59-50(46-58-52(55)43-37-31-25-20-19-23-29-35-41-49(6)8-2)45-57-51(54)42-36-30-24-17-12-10-9-11-15-21-27-33-39-47(3)4/h47-50H,7-46H2,1-6H3/t48?,49?,50-/m1/s1. The molecule has 0 aromatic carbocycles. The summed E-state index contributed by atoms with van der Waals surface area (Å²) >= 11 is 0. The first-order valence-corrected chi connectivity index (χ1v) is 26.2. The van der Waals surface area contributed by atoms with Crippen LogP contribution in [0.1, 0.15) is 286 Å². The Morgan fingerprint density at radius 1 is 0.339 bits per heavy atom. The normalized spacial score (nSPS) is 13.1. The third-order valence-electron chi connectivity index (χ3n) is 12.6. The average molecular weight is 835 g/mol. The molecule has 0 aliphatic heterocycles. The van der Waals surface area contributed by atoms with Crippen molar-refractivity contribution in [3.63, 3.8) is 0 Å². The van der Waals surface area contributed by atoms with Gasteiger partial charge in [0.2, 0.25) is 0 Å². The van der Waals surface area contributed by atoms with Crippen molar-refractivity contribution in [3.8, 4) is 0 Å². The Morgan fingerprint density at radius 2 is 0.593 bits per heavy atom. The highest BCUT2D eigenvalue weighted by atomic mass is 16.6. The minimum atomic E-state index is -0.763. The van der Waals surface area contributed by atoms with Crippen LogP contribution in [0, 0.1) is 17.8 Å². The maximum absolute atomic E-state index is 12.8. The van der Waals surface area contributed by atoms with Crippen molar-refractivity contribution in [2.24, 2.45) is 17.8 Å². The van der Waals surface area contributed by atoms with Crippen LogP contribution in [0.2, 0.25) is 0 Å². The van der Waals surface area contributed by atoms with Gasteiger partial charge in [-0.2, -0.15) is 0 Å². The predicted octanol–water partition coefficient (Wildman–Crippen LogP) is 16.8. The van der Waals surface area contributed by atoms with Gasteiger partial charge >= 0.3 is 17.9 Å². The zero-order valence-electron chi connectivity index (χ0n) is 40.5. The summed E-state index contributed by atoms with van der Waals surface area (Å²) < 4.78 is 16.8. The molecule has 0 saturated carbocycles. The number of unbranched alkanes of at least 4 members (excludes halogenated alkanes) is 27. The number of hydrogen-bond donors (Lipinski definition) is 0. The molecular weight excluding hydrogens is 733 g/mol. The van der Waals surface area contributed by atoms with E-state index in [2.05, 4.69) is 41.5 Å². The van der Waals surface area contributed by atoms with Gasteiger partial charge in [0.1, 0.15) is 13.2 Å². The molecule has 0 spiro atoms. The Labute approximate surface area is 368 Å². The van der Waals surface area contributed by atoms with Crippen LogP contribution < -0.4 is 0 Å². The highest BCUT2D eigenvalue weighted by Gasteiger charge is 2.19. The Morgan fingerprint density at radius 3 is 0.881 bits per heavy atom. The lowest BCUT2D eigenvalue weighted by atomic mass is 9.99. The van der Waals surface area contributed by atoms with E-state index in [1.807, 2.05) is 0 Å². The van der Waals surface area contributed by atoms with Gasteiger partial charge in [-0.05, 0) is 37.0 Å². The molecule has 0 radical (unpaired) electrons. The van der Waals surface area contributed by atoms with Gasteiger partial charge in [0, 0.05) is 19.3 Å². The number of ether oxygens (including phenoxy) is 3. The fraction of sp³-hybridized carbons (Fsp3) is 0.943. The first kappa shape index (κ1) is 57.4. The molecule has 0 heterocycles. The van der Waals surface area contributed by atoms with Gasteiger partial charge in [-0.15, -0.1) is 0 Å². The van der Waals surface area contributed by atoms with E-state index < -0.39 is 6.10 Å². The molecule has 0 saturated heterocycles. The van der Waals surface area contributed by atoms with Crippen LogP contribution in [0.5, 0.6) is 0 Å².